The average molecular weight is 307 g/mol. The summed E-state index contributed by atoms with van der Waals surface area (Å²) >= 11 is 1.99. The summed E-state index contributed by atoms with van der Waals surface area (Å²) in [7, 11) is 0. The molecule has 0 aliphatic carbocycles. The van der Waals surface area contributed by atoms with Crippen LogP contribution in [0.15, 0.2) is 24.3 Å². The predicted molar refractivity (Wildman–Crippen MR) is 91.7 cm³/mol. The van der Waals surface area contributed by atoms with Crippen molar-refractivity contribution in [1.29, 1.82) is 0 Å². The fourth-order valence-corrected chi connectivity index (χ4v) is 3.52. The van der Waals surface area contributed by atoms with E-state index in [1.807, 2.05) is 30.8 Å². The van der Waals surface area contributed by atoms with E-state index in [-0.39, 0.29) is 11.9 Å². The molecular formula is C16H25N3OS. The van der Waals surface area contributed by atoms with E-state index in [1.54, 1.807) is 12.1 Å². The second-order valence-corrected chi connectivity index (χ2v) is 7.98. The maximum absolute atomic E-state index is 12.4. The molecule has 1 amide bonds. The Morgan fingerprint density at radius 2 is 2.00 bits per heavy atom. The molecule has 116 valence electrons. The van der Waals surface area contributed by atoms with Crippen LogP contribution in [0.5, 0.6) is 0 Å². The van der Waals surface area contributed by atoms with Gasteiger partial charge in [0.2, 0.25) is 5.91 Å². The van der Waals surface area contributed by atoms with Crippen molar-refractivity contribution in [2.75, 3.05) is 29.9 Å². The number of nitrogens with two attached hydrogens (primary N) is 1. The van der Waals surface area contributed by atoms with E-state index in [1.165, 1.54) is 0 Å². The minimum absolute atomic E-state index is 0.0458. The van der Waals surface area contributed by atoms with Gasteiger partial charge in [-0.3, -0.25) is 9.69 Å². The molecule has 1 aliphatic heterocycles. The smallest absolute Gasteiger partial charge is 0.241 e. The van der Waals surface area contributed by atoms with Crippen LogP contribution in [0.2, 0.25) is 0 Å². The number of nitrogens with zero attached hydrogens (tertiary/aromatic N) is 1. The van der Waals surface area contributed by atoms with Crippen LogP contribution < -0.4 is 11.1 Å². The van der Waals surface area contributed by atoms with Crippen molar-refractivity contribution in [3.63, 3.8) is 0 Å². The Labute approximate surface area is 131 Å². The van der Waals surface area contributed by atoms with E-state index in [9.17, 15) is 4.79 Å². The van der Waals surface area contributed by atoms with E-state index in [4.69, 9.17) is 5.73 Å². The molecular weight excluding hydrogens is 282 g/mol. The second kappa shape index (κ2) is 6.71. The number of thioether (sulfide) groups is 1. The molecule has 1 heterocycles. The summed E-state index contributed by atoms with van der Waals surface area (Å²) < 4.78 is 0.307. The normalized spacial score (nSPS) is 20.5. The standard InChI is InChI=1S/C16H25N3OS/c1-12(19-9-8-16(2,3)21-11-10-19)15(20)18-14-6-4-13(17)5-7-14/h4-7,12H,8-11,17H2,1-3H3,(H,18,20). The molecule has 0 bridgehead atoms. The third-order valence-corrected chi connectivity index (χ3v) is 5.35. The highest BCUT2D eigenvalue weighted by Crippen LogP contribution is 2.31. The first-order chi connectivity index (χ1) is 9.87. The van der Waals surface area contributed by atoms with Gasteiger partial charge in [-0.25, -0.2) is 0 Å². The Morgan fingerprint density at radius 3 is 2.67 bits per heavy atom. The Balaban J connectivity index is 1.94. The van der Waals surface area contributed by atoms with E-state index in [0.717, 1.165) is 31.0 Å². The van der Waals surface area contributed by atoms with E-state index in [0.29, 0.717) is 10.4 Å². The highest BCUT2D eigenvalue weighted by Gasteiger charge is 2.28. The van der Waals surface area contributed by atoms with Gasteiger partial charge < -0.3 is 11.1 Å². The van der Waals surface area contributed by atoms with Gasteiger partial charge in [0.05, 0.1) is 6.04 Å². The number of nitrogens with one attached hydrogen (secondary N) is 1. The first-order valence-corrected chi connectivity index (χ1v) is 8.40. The van der Waals surface area contributed by atoms with E-state index >= 15 is 0 Å². The van der Waals surface area contributed by atoms with Crippen molar-refractivity contribution < 1.29 is 4.79 Å². The predicted octanol–water partition coefficient (Wildman–Crippen LogP) is 2.81. The van der Waals surface area contributed by atoms with Gasteiger partial charge in [-0.2, -0.15) is 11.8 Å². The number of anilines is 2. The number of hydrogen-bond acceptors (Lipinski definition) is 4. The van der Waals surface area contributed by atoms with Crippen LogP contribution in [-0.2, 0) is 4.79 Å². The highest BCUT2D eigenvalue weighted by atomic mass is 32.2. The minimum Gasteiger partial charge on any atom is -0.399 e. The van der Waals surface area contributed by atoms with Gasteiger partial charge >= 0.3 is 0 Å². The van der Waals surface area contributed by atoms with Gasteiger partial charge in [-0.15, -0.1) is 0 Å². The van der Waals surface area contributed by atoms with Crippen LogP contribution in [0.1, 0.15) is 27.2 Å². The maximum atomic E-state index is 12.4. The molecule has 4 nitrogen and oxygen atoms in total. The molecule has 5 heteroatoms. The van der Waals surface area contributed by atoms with Gasteiger partial charge in [0.15, 0.2) is 0 Å². The fraction of sp³-hybridized carbons (Fsp3) is 0.562. The third-order valence-electron chi connectivity index (χ3n) is 3.98. The van der Waals surface area contributed by atoms with Crippen molar-refractivity contribution >= 4 is 29.0 Å². The Morgan fingerprint density at radius 1 is 1.33 bits per heavy atom. The molecule has 1 aromatic rings. The number of carbonyl (C=O) groups is 1. The second-order valence-electron chi connectivity index (χ2n) is 6.18. The van der Waals surface area contributed by atoms with Gasteiger partial charge in [0.25, 0.3) is 0 Å². The minimum atomic E-state index is -0.114. The summed E-state index contributed by atoms with van der Waals surface area (Å²) in [6.45, 7) is 8.47. The maximum Gasteiger partial charge on any atom is 0.241 e. The lowest BCUT2D eigenvalue weighted by molar-refractivity contribution is -0.120. The van der Waals surface area contributed by atoms with Crippen LogP contribution in [0.4, 0.5) is 11.4 Å². The zero-order valence-corrected chi connectivity index (χ0v) is 13.9. The zero-order chi connectivity index (χ0) is 15.5. The molecule has 1 atom stereocenters. The summed E-state index contributed by atoms with van der Waals surface area (Å²) in [5.74, 6) is 1.12. The van der Waals surface area contributed by atoms with Gasteiger partial charge in [0.1, 0.15) is 0 Å². The zero-order valence-electron chi connectivity index (χ0n) is 13.1. The number of carbonyl (C=O) groups excluding carboxylic acids is 1. The number of hydrogen-bond donors (Lipinski definition) is 2. The molecule has 1 aromatic carbocycles. The Bertz CT molecular complexity index is 487. The Hall–Kier alpha value is -1.20. The molecule has 21 heavy (non-hydrogen) atoms. The molecule has 1 aliphatic rings. The van der Waals surface area contributed by atoms with Crippen LogP contribution in [0.3, 0.4) is 0 Å². The van der Waals surface area contributed by atoms with Crippen molar-refractivity contribution in [2.45, 2.75) is 38.0 Å². The lowest BCUT2D eigenvalue weighted by atomic mass is 10.1. The summed E-state index contributed by atoms with van der Waals surface area (Å²) in [4.78, 5) is 14.7. The van der Waals surface area contributed by atoms with E-state index < -0.39 is 0 Å². The highest BCUT2D eigenvalue weighted by molar-refractivity contribution is 8.00. The number of rotatable bonds is 3. The Kier molecular flexibility index (Phi) is 5.17. The summed E-state index contributed by atoms with van der Waals surface area (Å²) in [6, 6.07) is 7.15. The summed E-state index contributed by atoms with van der Waals surface area (Å²) in [5.41, 5.74) is 7.15. The molecule has 0 spiro atoms. The lowest BCUT2D eigenvalue weighted by Gasteiger charge is -2.27. The van der Waals surface area contributed by atoms with Crippen LogP contribution in [0, 0.1) is 0 Å². The van der Waals surface area contributed by atoms with Crippen LogP contribution in [0.25, 0.3) is 0 Å². The van der Waals surface area contributed by atoms with Gasteiger partial charge in [-0.05, 0) is 37.6 Å². The van der Waals surface area contributed by atoms with Crippen LogP contribution >= 0.6 is 11.8 Å². The van der Waals surface area contributed by atoms with Gasteiger partial charge in [-0.1, -0.05) is 13.8 Å². The SMILES string of the molecule is CC(C(=O)Nc1ccc(N)cc1)N1CCSC(C)(C)CC1. The van der Waals surface area contributed by atoms with Crippen molar-refractivity contribution in [3.05, 3.63) is 24.3 Å². The van der Waals surface area contributed by atoms with E-state index in [2.05, 4.69) is 24.1 Å². The third kappa shape index (κ3) is 4.64. The molecule has 3 N–H and O–H groups in total. The number of benzene rings is 1. The molecule has 1 fully saturated rings. The van der Waals surface area contributed by atoms with Crippen molar-refractivity contribution in [3.8, 4) is 0 Å². The first kappa shape index (κ1) is 16.2. The molecule has 1 saturated heterocycles. The molecule has 1 unspecified atom stereocenters. The average Bonchev–Trinajstić information content (AvgIpc) is 2.61. The molecule has 2 rings (SSSR count). The van der Waals surface area contributed by atoms with Crippen molar-refractivity contribution in [1.82, 2.24) is 4.90 Å². The molecule has 0 aromatic heterocycles. The summed E-state index contributed by atoms with van der Waals surface area (Å²) in [6.07, 6.45) is 1.11. The molecule has 0 radical (unpaired) electrons. The monoisotopic (exact) mass is 307 g/mol. The van der Waals surface area contributed by atoms with Gasteiger partial charge in [0, 0.05) is 35.0 Å². The largest absolute Gasteiger partial charge is 0.399 e. The van der Waals surface area contributed by atoms with Crippen LogP contribution in [-0.4, -0.2) is 40.4 Å². The fourth-order valence-electron chi connectivity index (χ4n) is 2.40. The quantitative estimate of drug-likeness (QED) is 0.843. The number of amides is 1. The molecule has 0 saturated carbocycles. The van der Waals surface area contributed by atoms with Crippen molar-refractivity contribution in [2.24, 2.45) is 0 Å². The topological polar surface area (TPSA) is 58.4 Å². The lowest BCUT2D eigenvalue weighted by Crippen LogP contribution is -2.43. The number of nitrogen functional groups attached to an aromatic ring is 1. The first-order valence-electron chi connectivity index (χ1n) is 7.42. The summed E-state index contributed by atoms with van der Waals surface area (Å²) in [5, 5.41) is 2.96.